The fourth-order valence-electron chi connectivity index (χ4n) is 16.9. The Bertz CT molecular complexity index is 5410. The SMILES string of the molecule is CCCC[C@H]1C(=O)N(C)[C@@H](CCCC)C(=O)N[C@@H](Cc2ccccn2)C(=O)N[C@H](C(=O)NCC(N)=O)CSCC(=O)N[C@@H](Cc2ccc(O)cc2)C(=O)N(C)[C@@H](C)C(=O)N[C@@H](CC(N)=O)C(=O)N2CCC[C@H]2C(=O)N[C@@H](Cc2cnc[nH]2)C(=O)N[C@@H](CC(C)C)C(=O)N2C[C@H](O)CC2C(=O)N[C@@H](Cc2c[nH]c3ccccc23)C(=O)N[C@@H](CO)C(=O)N[C@@H](Cc2c[nH]c3ccccc23)C(=O)N1C. The average Bonchev–Trinajstić information content (AvgIpc) is 1.65. The number of nitrogens with zero attached hydrogens (tertiary/aromatic N) is 7. The topological polar surface area (TPSA) is 613 Å². The number of unbranched alkanes of at least 4 members (excludes halogenated alkanes) is 2. The normalized spacial score (nSPS) is 24.7. The van der Waals surface area contributed by atoms with Gasteiger partial charge < -0.3 is 119 Å². The van der Waals surface area contributed by atoms with Crippen LogP contribution in [0.3, 0.4) is 0 Å². The zero-order chi connectivity index (χ0) is 98.7. The molecule has 3 fully saturated rings. The Morgan fingerprint density at radius 1 is 0.544 bits per heavy atom. The third-order valence-electron chi connectivity index (χ3n) is 24.5. The third kappa shape index (κ3) is 28.2. The van der Waals surface area contributed by atoms with E-state index in [1.807, 2.05) is 13.8 Å². The fourth-order valence-corrected chi connectivity index (χ4v) is 17.8. The van der Waals surface area contributed by atoms with Gasteiger partial charge in [0.2, 0.25) is 100 Å². The van der Waals surface area contributed by atoms with Crippen molar-refractivity contribution >= 4 is 134 Å². The zero-order valence-electron chi connectivity index (χ0n) is 77.3. The zero-order valence-corrected chi connectivity index (χ0v) is 78.1. The molecular weight excluding hydrogens is 1780 g/mol. The molecule has 1 unspecified atom stereocenters. The van der Waals surface area contributed by atoms with E-state index in [0.29, 0.717) is 69.9 Å². The van der Waals surface area contributed by atoms with Crippen molar-refractivity contribution in [3.8, 4) is 5.75 Å². The van der Waals surface area contributed by atoms with E-state index in [1.165, 1.54) is 71.1 Å². The van der Waals surface area contributed by atoms with Gasteiger partial charge in [-0.1, -0.05) is 108 Å². The Kier molecular flexibility index (Phi) is 37.9. The number of amides is 17. The van der Waals surface area contributed by atoms with Crippen LogP contribution in [0.2, 0.25) is 0 Å². The van der Waals surface area contributed by atoms with E-state index in [9.17, 15) is 53.7 Å². The Balaban J connectivity index is 1.02. The van der Waals surface area contributed by atoms with Gasteiger partial charge in [0.15, 0.2) is 0 Å². The van der Waals surface area contributed by atoms with E-state index in [4.69, 9.17) is 11.5 Å². The summed E-state index contributed by atoms with van der Waals surface area (Å²) in [6.07, 6.45) is 5.06. The lowest BCUT2D eigenvalue weighted by atomic mass is 10.00. The lowest BCUT2D eigenvalue weighted by molar-refractivity contribution is -0.149. The molecular formula is C93H124N22O20S. The lowest BCUT2D eigenvalue weighted by Gasteiger charge is -2.36. The third-order valence-corrected chi connectivity index (χ3v) is 25.5. The summed E-state index contributed by atoms with van der Waals surface area (Å²) < 4.78 is 0. The van der Waals surface area contributed by atoms with Crippen LogP contribution in [0, 0.1) is 5.92 Å². The number of likely N-dealkylation sites (N-methyl/N-ethyl adjacent to an activating group) is 3. The van der Waals surface area contributed by atoms with Crippen LogP contribution >= 0.6 is 11.8 Å². The number of carbonyl (C=O) groups is 17. The molecule has 0 spiro atoms. The number of rotatable bonds is 24. The highest BCUT2D eigenvalue weighted by Crippen LogP contribution is 2.28. The van der Waals surface area contributed by atoms with Crippen LogP contribution in [-0.2, 0) is 114 Å². The van der Waals surface area contributed by atoms with Crippen LogP contribution < -0.4 is 64.6 Å². The van der Waals surface area contributed by atoms with Crippen molar-refractivity contribution in [2.75, 3.05) is 58.9 Å². The number of para-hydroxylation sites is 2. The number of pyridine rings is 1. The minimum absolute atomic E-state index is 0.00271. The number of hydrogen-bond acceptors (Lipinski definition) is 23. The van der Waals surface area contributed by atoms with Gasteiger partial charge in [0.05, 0.1) is 37.8 Å². The number of imidazole rings is 1. The van der Waals surface area contributed by atoms with Gasteiger partial charge in [-0.15, -0.1) is 11.8 Å². The summed E-state index contributed by atoms with van der Waals surface area (Å²) in [5, 5.41) is 60.9. The maximum atomic E-state index is 15.8. The van der Waals surface area contributed by atoms with E-state index in [2.05, 4.69) is 78.1 Å². The minimum atomic E-state index is -1.89. The molecule has 732 valence electrons. The first-order valence-corrected chi connectivity index (χ1v) is 46.7. The number of aromatic amines is 3. The van der Waals surface area contributed by atoms with Gasteiger partial charge >= 0.3 is 0 Å². The molecule has 7 heterocycles. The molecule has 15 atom stereocenters. The number of benzene rings is 3. The second kappa shape index (κ2) is 49.4. The van der Waals surface area contributed by atoms with E-state index in [-0.39, 0.29) is 88.1 Å². The molecule has 42 nitrogen and oxygen atoms in total. The van der Waals surface area contributed by atoms with Crippen LogP contribution in [0.15, 0.2) is 122 Å². The summed E-state index contributed by atoms with van der Waals surface area (Å²) in [6.45, 7) is 6.08. The summed E-state index contributed by atoms with van der Waals surface area (Å²) >= 11 is 0.774. The molecule has 136 heavy (non-hydrogen) atoms. The summed E-state index contributed by atoms with van der Waals surface area (Å²) in [4.78, 5) is 274. The van der Waals surface area contributed by atoms with Crippen LogP contribution in [0.4, 0.5) is 0 Å². The summed E-state index contributed by atoms with van der Waals surface area (Å²) in [7, 11) is 3.94. The number of H-pyrrole nitrogens is 3. The van der Waals surface area contributed by atoms with E-state index in [1.54, 1.807) is 93.0 Å². The Labute approximate surface area is 789 Å². The van der Waals surface area contributed by atoms with Crippen molar-refractivity contribution in [1.82, 2.24) is 103 Å². The summed E-state index contributed by atoms with van der Waals surface area (Å²) in [6, 6.07) is 2.63. The van der Waals surface area contributed by atoms with Crippen molar-refractivity contribution in [3.63, 3.8) is 0 Å². The standard InChI is InChI=1S/C93H124N22O20S/c1-9-11-25-73-86(128)104-65(38-56-20-17-18-32-97-56)84(126)110-72(81(123)100-45-78(95)120)48-136-49-79(121)102-68(35-53-28-30-58(117)31-29-53)89(131)111(6)52(5)80(122)106-70(41-77(94)119)91(133)114-33-19-27-74(114)87(129)105-66(39-57-44-96-50-101-57)83(125)107-67(34-51(3)4)92(134)115-46-59(118)40-76(115)88(130)103-64(36-54-42-98-62-23-15-13-21-60(54)62)82(124)109-71(47-116)85(127)108-69(37-55-43-99-63-24-16-14-22-61(55)63)90(132)113(8)75(26-12-10-2)93(135)112(73)7/h13-18,20-24,28-32,42-44,50-52,59,64-76,98-99,116-118H,9-12,19,25-27,33-41,45-49H2,1-8H3,(H2,94,119)(H2,95,120)(H,96,101)(H,100,123)(H,102,121)(H,103,130)(H,104,128)(H,105,129)(H,106,122)(H,107,125)(H,108,127)(H,109,124)(H,110,126)/t52-,59+,64-,65-,66-,67-,68-,69-,70-,71-,72-,73-,74-,75-,76?/m0/s1. The number of fused-ring (bicyclic) bond motifs is 4. The van der Waals surface area contributed by atoms with Gasteiger partial charge in [-0.3, -0.25) is 86.5 Å². The highest BCUT2D eigenvalue weighted by molar-refractivity contribution is 8.00. The van der Waals surface area contributed by atoms with Gasteiger partial charge in [0, 0.05) is 136 Å². The molecule has 3 aromatic carbocycles. The van der Waals surface area contributed by atoms with Crippen molar-refractivity contribution in [2.45, 2.75) is 228 Å². The molecule has 4 aromatic heterocycles. The number of phenolic OH excluding ortho intramolecular Hbond substituents is 1. The van der Waals surface area contributed by atoms with Gasteiger partial charge in [-0.25, -0.2) is 4.98 Å². The molecule has 0 bridgehead atoms. The second-order valence-electron chi connectivity index (χ2n) is 35.0. The molecule has 7 aromatic rings. The number of aliphatic hydroxyl groups excluding tert-OH is 2. The van der Waals surface area contributed by atoms with Crippen molar-refractivity contribution in [2.24, 2.45) is 17.4 Å². The Morgan fingerprint density at radius 2 is 1.08 bits per heavy atom. The Hall–Kier alpha value is -13.8. The van der Waals surface area contributed by atoms with Crippen molar-refractivity contribution < 1.29 is 96.8 Å². The minimum Gasteiger partial charge on any atom is -0.508 e. The average molecular weight is 1900 g/mol. The highest BCUT2D eigenvalue weighted by atomic mass is 32.2. The number of aromatic nitrogens is 5. The highest BCUT2D eigenvalue weighted by Gasteiger charge is 2.47. The molecule has 3 aliphatic heterocycles. The molecule has 0 saturated carbocycles. The molecule has 0 radical (unpaired) electrons. The molecule has 20 N–H and O–H groups in total. The van der Waals surface area contributed by atoms with Crippen LogP contribution in [-0.4, -0.2) is 315 Å². The van der Waals surface area contributed by atoms with E-state index in [0.717, 1.165) is 36.3 Å². The fraction of sp³-hybridized carbons (Fsp3) is 0.495. The van der Waals surface area contributed by atoms with Gasteiger partial charge in [-0.05, 0) is 98.0 Å². The van der Waals surface area contributed by atoms with Gasteiger partial charge in [0.1, 0.15) is 90.3 Å². The molecule has 43 heteroatoms. The van der Waals surface area contributed by atoms with Gasteiger partial charge in [0.25, 0.3) is 0 Å². The summed E-state index contributed by atoms with van der Waals surface area (Å²) in [5.41, 5.74) is 14.5. The number of nitrogens with one attached hydrogen (secondary N) is 13. The van der Waals surface area contributed by atoms with E-state index >= 15 is 43.2 Å². The Morgan fingerprint density at radius 3 is 1.68 bits per heavy atom. The van der Waals surface area contributed by atoms with Crippen molar-refractivity contribution in [3.05, 3.63) is 150 Å². The second-order valence-corrected chi connectivity index (χ2v) is 36.1. The molecule has 10 rings (SSSR count). The van der Waals surface area contributed by atoms with Crippen LogP contribution in [0.1, 0.15) is 133 Å². The number of thioether (sulfide) groups is 1. The quantitative estimate of drug-likeness (QED) is 0.0325. The molecule has 3 aliphatic rings. The lowest BCUT2D eigenvalue weighted by Crippen LogP contribution is -2.62. The maximum Gasteiger partial charge on any atom is 0.246 e. The maximum absolute atomic E-state index is 15.8. The predicted octanol–water partition coefficient (Wildman–Crippen LogP) is -1.55. The predicted molar refractivity (Wildman–Crippen MR) is 499 cm³/mol. The number of aromatic hydroxyl groups is 1. The smallest absolute Gasteiger partial charge is 0.246 e. The first-order chi connectivity index (χ1) is 64.9. The van der Waals surface area contributed by atoms with Crippen molar-refractivity contribution in [1.29, 1.82) is 0 Å². The first kappa shape index (κ1) is 104. The largest absolute Gasteiger partial charge is 0.508 e. The van der Waals surface area contributed by atoms with Gasteiger partial charge in [-0.2, -0.15) is 0 Å². The monoisotopic (exact) mass is 1900 g/mol. The number of nitrogens with two attached hydrogens (primary N) is 2. The number of hydrogen-bond donors (Lipinski definition) is 18. The molecule has 3 saturated heterocycles. The molecule has 0 aliphatic carbocycles. The number of carbonyl (C=O) groups excluding carboxylic acids is 17. The molecule has 17 amide bonds. The van der Waals surface area contributed by atoms with E-state index < -0.39 is 235 Å². The number of primary amides is 2. The number of phenols is 1. The van der Waals surface area contributed by atoms with Crippen LogP contribution in [0.5, 0.6) is 5.75 Å². The van der Waals surface area contributed by atoms with Crippen LogP contribution in [0.25, 0.3) is 21.8 Å². The first-order valence-electron chi connectivity index (χ1n) is 45.6. The number of aliphatic hydroxyl groups is 2. The summed E-state index contributed by atoms with van der Waals surface area (Å²) in [5.74, 6) is -17.5.